The Morgan fingerprint density at radius 1 is 1.07 bits per heavy atom. The minimum atomic E-state index is -3.64. The van der Waals surface area contributed by atoms with E-state index in [-0.39, 0.29) is 22.8 Å². The van der Waals surface area contributed by atoms with Crippen LogP contribution in [-0.4, -0.2) is 31.7 Å². The van der Waals surface area contributed by atoms with E-state index in [1.54, 1.807) is 12.1 Å². The summed E-state index contributed by atoms with van der Waals surface area (Å²) in [4.78, 5) is 13.2. The molecule has 0 radical (unpaired) electrons. The molecule has 0 saturated carbocycles. The molecule has 1 aliphatic rings. The summed E-state index contributed by atoms with van der Waals surface area (Å²) < 4.78 is 27.9. The highest BCUT2D eigenvalue weighted by Gasteiger charge is 2.41. The van der Waals surface area contributed by atoms with Crippen molar-refractivity contribution in [3.05, 3.63) is 65.7 Å². The lowest BCUT2D eigenvalue weighted by molar-refractivity contribution is -0.132. The lowest BCUT2D eigenvalue weighted by Gasteiger charge is -2.38. The number of nitrogens with zero attached hydrogens (tertiary/aromatic N) is 1. The molecule has 1 N–H and O–H groups in total. The summed E-state index contributed by atoms with van der Waals surface area (Å²) >= 11 is 0. The van der Waals surface area contributed by atoms with Gasteiger partial charge in [-0.05, 0) is 48.4 Å². The van der Waals surface area contributed by atoms with Gasteiger partial charge in [0.2, 0.25) is 15.9 Å². The van der Waals surface area contributed by atoms with Crippen LogP contribution in [0.15, 0.2) is 59.5 Å². The molecule has 0 bridgehead atoms. The monoisotopic (exact) mass is 428 g/mol. The highest BCUT2D eigenvalue weighted by Crippen LogP contribution is 2.33. The van der Waals surface area contributed by atoms with Gasteiger partial charge in [0.05, 0.1) is 10.3 Å². The Bertz CT molecular complexity index is 979. The summed E-state index contributed by atoms with van der Waals surface area (Å²) in [5, 5.41) is 2.98. The molecule has 0 spiro atoms. The van der Waals surface area contributed by atoms with Crippen LogP contribution < -0.4 is 5.32 Å². The molecule has 0 aromatic heterocycles. The molecule has 1 heterocycles. The first kappa shape index (κ1) is 22.5. The summed E-state index contributed by atoms with van der Waals surface area (Å²) in [6.45, 7) is 9.22. The fraction of sp³-hybridized carbons (Fsp3) is 0.458. The maximum atomic E-state index is 13.2. The van der Waals surface area contributed by atoms with Crippen molar-refractivity contribution in [2.24, 2.45) is 5.41 Å². The zero-order valence-corrected chi connectivity index (χ0v) is 19.1. The maximum absolute atomic E-state index is 13.2. The van der Waals surface area contributed by atoms with Crippen molar-refractivity contribution in [3.63, 3.8) is 0 Å². The molecule has 2 aromatic carbocycles. The number of hydrogen-bond acceptors (Lipinski definition) is 3. The van der Waals surface area contributed by atoms with E-state index in [2.05, 4.69) is 26.1 Å². The molecule has 1 fully saturated rings. The largest absolute Gasteiger partial charge is 0.352 e. The standard InChI is InChI=1S/C24H32N2O3S/c1-23(2,3)20-11-13-21(14-12-20)30(28,29)26-16-8-15-24(4,18-26)22(27)25-17-19-9-6-5-7-10-19/h5-7,9-14H,8,15-18H2,1-4H3,(H,25,27). The summed E-state index contributed by atoms with van der Waals surface area (Å²) in [5.41, 5.74) is 1.33. The number of rotatable bonds is 5. The van der Waals surface area contributed by atoms with Crippen molar-refractivity contribution in [1.82, 2.24) is 9.62 Å². The summed E-state index contributed by atoms with van der Waals surface area (Å²) in [6, 6.07) is 16.8. The molecule has 1 unspecified atom stereocenters. The second kappa shape index (κ2) is 8.52. The SMILES string of the molecule is CC1(C(=O)NCc2ccccc2)CCCN(S(=O)(=O)c2ccc(C(C)(C)C)cc2)C1. The minimum Gasteiger partial charge on any atom is -0.352 e. The molecule has 30 heavy (non-hydrogen) atoms. The third-order valence-electron chi connectivity index (χ3n) is 5.86. The van der Waals surface area contributed by atoms with Crippen LogP contribution in [0.25, 0.3) is 0 Å². The van der Waals surface area contributed by atoms with E-state index in [0.717, 1.165) is 11.1 Å². The lowest BCUT2D eigenvalue weighted by Crippen LogP contribution is -2.51. The molecular formula is C24H32N2O3S. The number of carbonyl (C=O) groups is 1. The number of sulfonamides is 1. The predicted octanol–water partition coefficient (Wildman–Crippen LogP) is 4.09. The fourth-order valence-corrected chi connectivity index (χ4v) is 5.45. The molecule has 1 amide bonds. The molecular weight excluding hydrogens is 396 g/mol. The number of hydrogen-bond donors (Lipinski definition) is 1. The van der Waals surface area contributed by atoms with E-state index < -0.39 is 15.4 Å². The molecule has 2 aromatic rings. The van der Waals surface area contributed by atoms with Gasteiger partial charge in [-0.25, -0.2) is 8.42 Å². The van der Waals surface area contributed by atoms with E-state index in [0.29, 0.717) is 25.9 Å². The Morgan fingerprint density at radius 2 is 1.70 bits per heavy atom. The topological polar surface area (TPSA) is 66.5 Å². The second-order valence-electron chi connectivity index (χ2n) is 9.45. The molecule has 3 rings (SSSR count). The quantitative estimate of drug-likeness (QED) is 0.780. The highest BCUT2D eigenvalue weighted by atomic mass is 32.2. The van der Waals surface area contributed by atoms with E-state index >= 15 is 0 Å². The number of benzene rings is 2. The Kier molecular flexibility index (Phi) is 6.39. The number of nitrogens with one attached hydrogen (secondary N) is 1. The number of carbonyl (C=O) groups excluding carboxylic acids is 1. The average molecular weight is 429 g/mol. The zero-order valence-electron chi connectivity index (χ0n) is 18.3. The number of amides is 1. The Hall–Kier alpha value is -2.18. The highest BCUT2D eigenvalue weighted by molar-refractivity contribution is 7.89. The van der Waals surface area contributed by atoms with Gasteiger partial charge in [0, 0.05) is 19.6 Å². The van der Waals surface area contributed by atoms with Gasteiger partial charge >= 0.3 is 0 Å². The van der Waals surface area contributed by atoms with Crippen LogP contribution in [0.4, 0.5) is 0 Å². The van der Waals surface area contributed by atoms with E-state index in [9.17, 15) is 13.2 Å². The smallest absolute Gasteiger partial charge is 0.243 e. The Labute approximate surface area is 180 Å². The molecule has 6 heteroatoms. The fourth-order valence-electron chi connectivity index (χ4n) is 3.85. The van der Waals surface area contributed by atoms with Crippen molar-refractivity contribution in [2.45, 2.75) is 57.4 Å². The molecule has 0 aliphatic carbocycles. The van der Waals surface area contributed by atoms with Crippen LogP contribution in [-0.2, 0) is 26.8 Å². The van der Waals surface area contributed by atoms with Crippen LogP contribution in [0.2, 0.25) is 0 Å². The lowest BCUT2D eigenvalue weighted by atomic mass is 9.82. The van der Waals surface area contributed by atoms with Crippen LogP contribution >= 0.6 is 0 Å². The predicted molar refractivity (Wildman–Crippen MR) is 120 cm³/mol. The first-order chi connectivity index (χ1) is 14.0. The van der Waals surface area contributed by atoms with Gasteiger partial charge in [0.25, 0.3) is 0 Å². The molecule has 1 aliphatic heterocycles. The normalized spacial score (nSPS) is 20.7. The van der Waals surface area contributed by atoms with Gasteiger partial charge in [-0.15, -0.1) is 0 Å². The second-order valence-corrected chi connectivity index (χ2v) is 11.4. The van der Waals surface area contributed by atoms with Gasteiger partial charge in [0.1, 0.15) is 0 Å². The summed E-state index contributed by atoms with van der Waals surface area (Å²) in [6.07, 6.45) is 1.33. The molecule has 1 saturated heterocycles. The zero-order chi connectivity index (χ0) is 22.0. The summed E-state index contributed by atoms with van der Waals surface area (Å²) in [7, 11) is -3.64. The first-order valence-electron chi connectivity index (χ1n) is 10.5. The first-order valence-corrected chi connectivity index (χ1v) is 11.9. The van der Waals surface area contributed by atoms with Gasteiger partial charge in [-0.2, -0.15) is 4.31 Å². The van der Waals surface area contributed by atoms with Gasteiger partial charge in [-0.1, -0.05) is 63.2 Å². The van der Waals surface area contributed by atoms with Crippen molar-refractivity contribution in [2.75, 3.05) is 13.1 Å². The van der Waals surface area contributed by atoms with Gasteiger partial charge in [-0.3, -0.25) is 4.79 Å². The van der Waals surface area contributed by atoms with E-state index in [1.165, 1.54) is 4.31 Å². The Morgan fingerprint density at radius 3 is 2.30 bits per heavy atom. The van der Waals surface area contributed by atoms with Crippen LogP contribution in [0.5, 0.6) is 0 Å². The van der Waals surface area contributed by atoms with Crippen molar-refractivity contribution >= 4 is 15.9 Å². The third kappa shape index (κ3) is 4.93. The van der Waals surface area contributed by atoms with Gasteiger partial charge in [0.15, 0.2) is 0 Å². The van der Waals surface area contributed by atoms with Gasteiger partial charge < -0.3 is 5.32 Å². The van der Waals surface area contributed by atoms with Crippen LogP contribution in [0, 0.1) is 5.41 Å². The maximum Gasteiger partial charge on any atom is 0.243 e. The van der Waals surface area contributed by atoms with Crippen molar-refractivity contribution in [3.8, 4) is 0 Å². The van der Waals surface area contributed by atoms with Crippen LogP contribution in [0.1, 0.15) is 51.7 Å². The van der Waals surface area contributed by atoms with E-state index in [1.807, 2.05) is 49.4 Å². The molecule has 5 nitrogen and oxygen atoms in total. The number of piperidine rings is 1. The van der Waals surface area contributed by atoms with Crippen molar-refractivity contribution in [1.29, 1.82) is 0 Å². The average Bonchev–Trinajstić information content (AvgIpc) is 2.72. The summed E-state index contributed by atoms with van der Waals surface area (Å²) in [5.74, 6) is -0.102. The molecule has 162 valence electrons. The minimum absolute atomic E-state index is 0.0389. The van der Waals surface area contributed by atoms with Crippen molar-refractivity contribution < 1.29 is 13.2 Å². The van der Waals surface area contributed by atoms with E-state index in [4.69, 9.17) is 0 Å². The van der Waals surface area contributed by atoms with Crippen LogP contribution in [0.3, 0.4) is 0 Å². The molecule has 1 atom stereocenters. The third-order valence-corrected chi connectivity index (χ3v) is 7.72. The Balaban J connectivity index is 1.73.